The second kappa shape index (κ2) is 3.16. The molecule has 0 atom stereocenters. The van der Waals surface area contributed by atoms with E-state index in [4.69, 9.17) is 0 Å². The van der Waals surface area contributed by atoms with Gasteiger partial charge in [0.25, 0.3) is 0 Å². The van der Waals surface area contributed by atoms with E-state index in [0.717, 1.165) is 18.1 Å². The van der Waals surface area contributed by atoms with E-state index in [2.05, 4.69) is 38.5 Å². The normalized spacial score (nSPS) is 10.8. The van der Waals surface area contributed by atoms with Gasteiger partial charge in [0.15, 0.2) is 5.06 Å². The van der Waals surface area contributed by atoms with Crippen LogP contribution in [-0.2, 0) is 0 Å². The summed E-state index contributed by atoms with van der Waals surface area (Å²) in [5, 5.41) is 10.8. The minimum absolute atomic E-state index is 0.376. The topological polar surface area (TPSA) is 20.2 Å². The fourth-order valence-corrected chi connectivity index (χ4v) is 3.92. The van der Waals surface area contributed by atoms with Crippen molar-refractivity contribution in [2.45, 2.75) is 0 Å². The van der Waals surface area contributed by atoms with Crippen molar-refractivity contribution in [1.29, 1.82) is 0 Å². The summed E-state index contributed by atoms with van der Waals surface area (Å²) in [4.78, 5) is 0. The second-order valence-corrected chi connectivity index (χ2v) is 5.52. The zero-order chi connectivity index (χ0) is 8.72. The molecular formula is C8H4BrIOS. The van der Waals surface area contributed by atoms with Crippen LogP contribution in [0.1, 0.15) is 0 Å². The Morgan fingerprint density at radius 3 is 2.83 bits per heavy atom. The van der Waals surface area contributed by atoms with Crippen LogP contribution in [0.25, 0.3) is 10.1 Å². The summed E-state index contributed by atoms with van der Waals surface area (Å²) in [7, 11) is 0. The minimum atomic E-state index is 0.376. The van der Waals surface area contributed by atoms with E-state index in [-0.39, 0.29) is 0 Å². The van der Waals surface area contributed by atoms with Crippen LogP contribution < -0.4 is 0 Å². The summed E-state index contributed by atoms with van der Waals surface area (Å²) in [6.07, 6.45) is 0. The minimum Gasteiger partial charge on any atom is -0.499 e. The molecule has 1 aromatic heterocycles. The van der Waals surface area contributed by atoms with Gasteiger partial charge in [-0.2, -0.15) is 0 Å². The Morgan fingerprint density at radius 2 is 2.08 bits per heavy atom. The van der Waals surface area contributed by atoms with Crippen molar-refractivity contribution in [3.05, 3.63) is 26.2 Å². The molecule has 0 saturated carbocycles. The van der Waals surface area contributed by atoms with Crippen molar-refractivity contribution in [3.63, 3.8) is 0 Å². The number of aromatic hydroxyl groups is 1. The molecule has 0 aliphatic carbocycles. The first kappa shape index (κ1) is 8.77. The highest BCUT2D eigenvalue weighted by atomic mass is 127. The number of rotatable bonds is 0. The molecule has 12 heavy (non-hydrogen) atoms. The first-order valence-electron chi connectivity index (χ1n) is 3.24. The first-order chi connectivity index (χ1) is 5.66. The Balaban J connectivity index is 2.88. The van der Waals surface area contributed by atoms with Crippen molar-refractivity contribution >= 4 is 59.9 Å². The Bertz CT molecular complexity index is 438. The molecule has 0 radical (unpaired) electrons. The third-order valence-electron chi connectivity index (χ3n) is 1.54. The van der Waals surface area contributed by atoms with Gasteiger partial charge in [0, 0.05) is 24.2 Å². The number of halogens is 2. The molecule has 0 aliphatic rings. The molecule has 0 spiro atoms. The van der Waals surface area contributed by atoms with Crippen LogP contribution in [0.15, 0.2) is 22.7 Å². The van der Waals surface area contributed by atoms with Crippen LogP contribution in [0, 0.1) is 3.57 Å². The van der Waals surface area contributed by atoms with E-state index in [0.29, 0.717) is 5.06 Å². The van der Waals surface area contributed by atoms with Gasteiger partial charge in [0.1, 0.15) is 0 Å². The molecule has 2 rings (SSSR count). The maximum atomic E-state index is 9.27. The van der Waals surface area contributed by atoms with Gasteiger partial charge in [-0.15, -0.1) is 0 Å². The molecule has 1 aromatic carbocycles. The Labute approximate surface area is 95.7 Å². The number of benzene rings is 1. The molecule has 1 nitrogen and oxygen atoms in total. The Hall–Kier alpha value is 0.190. The maximum Gasteiger partial charge on any atom is 0.172 e. The molecule has 1 N–H and O–H groups in total. The van der Waals surface area contributed by atoms with Crippen LogP contribution in [0.4, 0.5) is 0 Å². The highest BCUT2D eigenvalue weighted by molar-refractivity contribution is 14.1. The molecule has 1 heterocycles. The lowest BCUT2D eigenvalue weighted by Gasteiger charge is -1.94. The third-order valence-corrected chi connectivity index (χ3v) is 3.77. The molecule has 0 fully saturated rings. The lowest BCUT2D eigenvalue weighted by molar-refractivity contribution is 0.491. The zero-order valence-electron chi connectivity index (χ0n) is 5.84. The summed E-state index contributed by atoms with van der Waals surface area (Å²) in [6.45, 7) is 0. The lowest BCUT2D eigenvalue weighted by Crippen LogP contribution is -1.71. The van der Waals surface area contributed by atoms with Gasteiger partial charge in [-0.25, -0.2) is 0 Å². The van der Waals surface area contributed by atoms with Gasteiger partial charge in [-0.1, -0.05) is 27.3 Å². The molecule has 0 aliphatic heterocycles. The number of hydrogen-bond acceptors (Lipinski definition) is 2. The fourth-order valence-electron chi connectivity index (χ4n) is 1.05. The zero-order valence-corrected chi connectivity index (χ0v) is 10.4. The number of hydrogen-bond donors (Lipinski definition) is 1. The molecular weight excluding hydrogens is 351 g/mol. The van der Waals surface area contributed by atoms with Gasteiger partial charge < -0.3 is 5.11 Å². The summed E-state index contributed by atoms with van der Waals surface area (Å²) in [6, 6.07) is 5.85. The molecule has 0 saturated heterocycles. The number of thiophene rings is 1. The molecule has 0 amide bonds. The molecule has 62 valence electrons. The van der Waals surface area contributed by atoms with Crippen molar-refractivity contribution < 1.29 is 5.11 Å². The SMILES string of the molecule is Oc1cc2c(I)cc(Br)cc2s1. The molecule has 0 unspecified atom stereocenters. The van der Waals surface area contributed by atoms with E-state index in [9.17, 15) is 5.11 Å². The van der Waals surface area contributed by atoms with E-state index >= 15 is 0 Å². The Morgan fingerprint density at radius 1 is 1.33 bits per heavy atom. The molecule has 4 heteroatoms. The highest BCUT2D eigenvalue weighted by Gasteiger charge is 2.04. The standard InChI is InChI=1S/C8H4BrIOS/c9-4-1-6(10)5-3-8(11)12-7(5)2-4/h1-3,11H. The quantitative estimate of drug-likeness (QED) is 0.709. The monoisotopic (exact) mass is 354 g/mol. The van der Waals surface area contributed by atoms with E-state index in [1.54, 1.807) is 6.07 Å². The summed E-state index contributed by atoms with van der Waals surface area (Å²) >= 11 is 7.08. The average molecular weight is 355 g/mol. The van der Waals surface area contributed by atoms with Crippen LogP contribution in [0.2, 0.25) is 0 Å². The largest absolute Gasteiger partial charge is 0.499 e. The van der Waals surface area contributed by atoms with Crippen LogP contribution in [0.5, 0.6) is 5.06 Å². The van der Waals surface area contributed by atoms with Gasteiger partial charge >= 0.3 is 0 Å². The van der Waals surface area contributed by atoms with E-state index in [1.165, 1.54) is 11.3 Å². The predicted octanol–water partition coefficient (Wildman–Crippen LogP) is 3.97. The van der Waals surface area contributed by atoms with Crippen LogP contribution >= 0.6 is 49.9 Å². The van der Waals surface area contributed by atoms with Crippen LogP contribution in [-0.4, -0.2) is 5.11 Å². The summed E-state index contributed by atoms with van der Waals surface area (Å²) in [5.74, 6) is 0. The highest BCUT2D eigenvalue weighted by Crippen LogP contribution is 2.35. The number of fused-ring (bicyclic) bond motifs is 1. The fraction of sp³-hybridized carbons (Fsp3) is 0. The molecule has 2 aromatic rings. The van der Waals surface area contributed by atoms with E-state index < -0.39 is 0 Å². The van der Waals surface area contributed by atoms with Crippen molar-refractivity contribution in [2.75, 3.05) is 0 Å². The molecule has 0 bridgehead atoms. The average Bonchev–Trinajstić information content (AvgIpc) is 2.29. The van der Waals surface area contributed by atoms with Crippen LogP contribution in [0.3, 0.4) is 0 Å². The maximum absolute atomic E-state index is 9.27. The van der Waals surface area contributed by atoms with Crippen molar-refractivity contribution in [2.24, 2.45) is 0 Å². The Kier molecular flexibility index (Phi) is 2.31. The second-order valence-electron chi connectivity index (χ2n) is 2.38. The van der Waals surface area contributed by atoms with Crippen molar-refractivity contribution in [1.82, 2.24) is 0 Å². The van der Waals surface area contributed by atoms with Gasteiger partial charge in [0.05, 0.1) is 0 Å². The smallest absolute Gasteiger partial charge is 0.172 e. The first-order valence-corrected chi connectivity index (χ1v) is 5.93. The third kappa shape index (κ3) is 1.47. The lowest BCUT2D eigenvalue weighted by atomic mass is 10.3. The van der Waals surface area contributed by atoms with Crippen molar-refractivity contribution in [3.8, 4) is 5.06 Å². The summed E-state index contributed by atoms with van der Waals surface area (Å²) in [5.41, 5.74) is 0. The van der Waals surface area contributed by atoms with Gasteiger partial charge in [-0.3, -0.25) is 0 Å². The predicted molar refractivity (Wildman–Crippen MR) is 63.9 cm³/mol. The summed E-state index contributed by atoms with van der Waals surface area (Å²) < 4.78 is 3.33. The van der Waals surface area contributed by atoms with E-state index in [1.807, 2.05) is 12.1 Å². The van der Waals surface area contributed by atoms with Gasteiger partial charge in [-0.05, 0) is 34.7 Å². The van der Waals surface area contributed by atoms with Gasteiger partial charge in [0.2, 0.25) is 0 Å².